The molecule has 2 fully saturated rings. The van der Waals surface area contributed by atoms with Crippen LogP contribution >= 0.6 is 0 Å². The number of ether oxygens (including phenoxy) is 1. The Morgan fingerprint density at radius 3 is 2.03 bits per heavy atom. The van der Waals surface area contributed by atoms with Crippen LogP contribution in [0.5, 0.6) is 0 Å². The quantitative estimate of drug-likeness (QED) is 0.407. The molecule has 4 nitrogen and oxygen atoms in total. The van der Waals surface area contributed by atoms with E-state index in [1.165, 1.54) is 6.92 Å². The Bertz CT molecular complexity index is 1070. The molecule has 4 rings (SSSR count). The number of hydrogen-bond donors (Lipinski definition) is 1. The summed E-state index contributed by atoms with van der Waals surface area (Å²) in [6.07, 6.45) is -7.89. The van der Waals surface area contributed by atoms with Crippen LogP contribution in [0.3, 0.4) is 0 Å². The van der Waals surface area contributed by atoms with Crippen LogP contribution in [0, 0.1) is 0 Å². The smallest absolute Gasteiger partial charge is 0.373 e. The van der Waals surface area contributed by atoms with E-state index < -0.39 is 40.5 Å². The molecule has 1 heterocycles. The number of nitrogens with zero attached hydrogens (tertiary/aromatic N) is 1. The second kappa shape index (κ2) is 9.85. The first-order chi connectivity index (χ1) is 17.2. The Hall–Kier alpha value is -2.75. The number of amides is 2. The first-order valence-electron chi connectivity index (χ1n) is 12.2. The van der Waals surface area contributed by atoms with Gasteiger partial charge in [-0.3, -0.25) is 0 Å². The number of nitrogens with one attached hydrogen (secondary N) is 1. The average Bonchev–Trinajstić information content (AvgIpc) is 3.35. The van der Waals surface area contributed by atoms with E-state index in [9.17, 15) is 31.1 Å². The van der Waals surface area contributed by atoms with Gasteiger partial charge in [-0.25, -0.2) is 4.79 Å². The minimum atomic E-state index is -4.93. The van der Waals surface area contributed by atoms with Crippen molar-refractivity contribution in [3.8, 4) is 0 Å². The maximum atomic E-state index is 13.3. The van der Waals surface area contributed by atoms with Gasteiger partial charge in [0.15, 0.2) is 0 Å². The van der Waals surface area contributed by atoms with Crippen LogP contribution in [-0.2, 0) is 22.5 Å². The van der Waals surface area contributed by atoms with Crippen molar-refractivity contribution < 1.29 is 35.9 Å². The van der Waals surface area contributed by atoms with E-state index in [1.807, 2.05) is 37.3 Å². The molecule has 0 radical (unpaired) electrons. The van der Waals surface area contributed by atoms with Crippen LogP contribution in [0.25, 0.3) is 0 Å². The Balaban J connectivity index is 1.53. The Morgan fingerprint density at radius 2 is 1.51 bits per heavy atom. The minimum Gasteiger partial charge on any atom is -0.373 e. The predicted octanol–water partition coefficient (Wildman–Crippen LogP) is 7.10. The second-order valence-electron chi connectivity index (χ2n) is 10.5. The summed E-state index contributed by atoms with van der Waals surface area (Å²) >= 11 is 0. The molecule has 1 N–H and O–H groups in total. The predicted molar refractivity (Wildman–Crippen MR) is 126 cm³/mol. The molecule has 2 amide bonds. The maximum Gasteiger partial charge on any atom is 0.416 e. The van der Waals surface area contributed by atoms with Crippen LogP contribution in [0.2, 0.25) is 0 Å². The summed E-state index contributed by atoms with van der Waals surface area (Å²) < 4.78 is 85.9. The van der Waals surface area contributed by atoms with Gasteiger partial charge < -0.3 is 15.0 Å². The maximum absolute atomic E-state index is 13.3. The molecule has 10 heteroatoms. The van der Waals surface area contributed by atoms with E-state index in [-0.39, 0.29) is 24.3 Å². The third-order valence-corrected chi connectivity index (χ3v) is 7.33. The summed E-state index contributed by atoms with van der Waals surface area (Å²) in [6.45, 7) is 4.88. The van der Waals surface area contributed by atoms with Gasteiger partial charge in [-0.05, 0) is 68.9 Å². The summed E-state index contributed by atoms with van der Waals surface area (Å²) in [5.74, 6) is 0. The molecule has 1 atom stereocenters. The van der Waals surface area contributed by atoms with E-state index in [0.717, 1.165) is 18.4 Å². The molecule has 37 heavy (non-hydrogen) atoms. The first kappa shape index (κ1) is 27.3. The number of carbonyl (C=O) groups excluding carboxylic acids is 1. The molecular weight excluding hydrogens is 498 g/mol. The van der Waals surface area contributed by atoms with Crippen molar-refractivity contribution in [1.82, 2.24) is 10.2 Å². The zero-order valence-electron chi connectivity index (χ0n) is 20.7. The average molecular weight is 529 g/mol. The lowest BCUT2D eigenvalue weighted by Crippen LogP contribution is -2.65. The van der Waals surface area contributed by atoms with Crippen LogP contribution in [0.4, 0.5) is 31.1 Å². The van der Waals surface area contributed by atoms with Crippen molar-refractivity contribution in [1.29, 1.82) is 0 Å². The fourth-order valence-corrected chi connectivity index (χ4v) is 5.56. The largest absolute Gasteiger partial charge is 0.416 e. The number of likely N-dealkylation sites (tertiary alicyclic amines) is 1. The standard InChI is InChI=1S/C27H30F6N2O2/c1-18(19-12-21(26(28,29)30)14-22(13-19)27(31,32)33)37-17-25(20-8-4-3-5-9-20)15-24(2,16-25)34-23(36)35-10-6-7-11-35/h3-5,8-9,12-14,18H,6-7,10-11,15-17H2,1-2H3,(H,34,36). The highest BCUT2D eigenvalue weighted by Crippen LogP contribution is 2.51. The summed E-state index contributed by atoms with van der Waals surface area (Å²) in [4.78, 5) is 14.5. The van der Waals surface area contributed by atoms with Crippen molar-refractivity contribution in [2.75, 3.05) is 19.7 Å². The molecule has 1 aliphatic carbocycles. The number of benzene rings is 2. The van der Waals surface area contributed by atoms with Gasteiger partial charge in [0.1, 0.15) is 0 Å². The Labute approximate surface area is 212 Å². The third kappa shape index (κ3) is 6.05. The topological polar surface area (TPSA) is 41.6 Å². The van der Waals surface area contributed by atoms with Crippen molar-refractivity contribution >= 4 is 6.03 Å². The zero-order valence-corrected chi connectivity index (χ0v) is 20.7. The zero-order chi connectivity index (χ0) is 27.1. The van der Waals surface area contributed by atoms with Crippen LogP contribution < -0.4 is 5.32 Å². The lowest BCUT2D eigenvalue weighted by molar-refractivity contribution is -0.143. The number of halogens is 6. The fraction of sp³-hybridized carbons (Fsp3) is 0.519. The number of urea groups is 1. The van der Waals surface area contributed by atoms with Crippen molar-refractivity contribution in [3.05, 3.63) is 70.8 Å². The van der Waals surface area contributed by atoms with Crippen LogP contribution in [-0.4, -0.2) is 36.2 Å². The van der Waals surface area contributed by atoms with Crippen molar-refractivity contribution in [2.45, 2.75) is 68.9 Å². The third-order valence-electron chi connectivity index (χ3n) is 7.33. The van der Waals surface area contributed by atoms with Gasteiger partial charge in [0.2, 0.25) is 0 Å². The summed E-state index contributed by atoms with van der Waals surface area (Å²) in [5, 5.41) is 3.11. The molecule has 0 spiro atoms. The molecule has 2 aliphatic rings. The van der Waals surface area contributed by atoms with Gasteiger partial charge in [0.25, 0.3) is 0 Å². The van der Waals surface area contributed by atoms with Gasteiger partial charge in [-0.15, -0.1) is 0 Å². The molecule has 0 bridgehead atoms. The van der Waals surface area contributed by atoms with E-state index in [4.69, 9.17) is 4.74 Å². The molecule has 0 aromatic heterocycles. The molecule has 2 aromatic rings. The number of hydrogen-bond acceptors (Lipinski definition) is 2. The highest BCUT2D eigenvalue weighted by Gasteiger charge is 2.54. The SMILES string of the molecule is CC(OCC1(c2ccccc2)CC(C)(NC(=O)N2CCCC2)C1)c1cc(C(F)(F)F)cc(C(F)(F)F)c1. The summed E-state index contributed by atoms with van der Waals surface area (Å²) in [7, 11) is 0. The molecule has 1 unspecified atom stereocenters. The second-order valence-corrected chi connectivity index (χ2v) is 10.5. The van der Waals surface area contributed by atoms with E-state index in [0.29, 0.717) is 38.1 Å². The number of rotatable bonds is 6. The summed E-state index contributed by atoms with van der Waals surface area (Å²) in [6, 6.07) is 10.8. The first-order valence-corrected chi connectivity index (χ1v) is 12.2. The molecule has 1 aliphatic heterocycles. The normalized spacial score (nSPS) is 25.0. The van der Waals surface area contributed by atoms with Gasteiger partial charge in [-0.1, -0.05) is 30.3 Å². The van der Waals surface area contributed by atoms with Gasteiger partial charge in [-0.2, -0.15) is 26.3 Å². The molecular formula is C27H30F6N2O2. The van der Waals surface area contributed by atoms with Gasteiger partial charge in [0, 0.05) is 24.0 Å². The minimum absolute atomic E-state index is 0.0744. The van der Waals surface area contributed by atoms with E-state index >= 15 is 0 Å². The van der Waals surface area contributed by atoms with Crippen LogP contribution in [0.1, 0.15) is 67.9 Å². The van der Waals surface area contributed by atoms with Crippen molar-refractivity contribution in [3.63, 3.8) is 0 Å². The monoisotopic (exact) mass is 528 g/mol. The number of carbonyl (C=O) groups is 1. The van der Waals surface area contributed by atoms with Gasteiger partial charge in [0.05, 0.1) is 23.8 Å². The Morgan fingerprint density at radius 1 is 0.973 bits per heavy atom. The molecule has 202 valence electrons. The summed E-state index contributed by atoms with van der Waals surface area (Å²) in [5.41, 5.74) is -3.05. The van der Waals surface area contributed by atoms with E-state index in [1.54, 1.807) is 4.90 Å². The molecule has 2 aromatic carbocycles. The van der Waals surface area contributed by atoms with Crippen LogP contribution in [0.15, 0.2) is 48.5 Å². The highest BCUT2D eigenvalue weighted by atomic mass is 19.4. The van der Waals surface area contributed by atoms with E-state index in [2.05, 4.69) is 5.32 Å². The fourth-order valence-electron chi connectivity index (χ4n) is 5.56. The lowest BCUT2D eigenvalue weighted by atomic mass is 9.55. The van der Waals surface area contributed by atoms with Gasteiger partial charge >= 0.3 is 18.4 Å². The van der Waals surface area contributed by atoms with Crippen molar-refractivity contribution in [2.24, 2.45) is 0 Å². The molecule has 1 saturated carbocycles. The Kier molecular flexibility index (Phi) is 7.27. The molecule has 1 saturated heterocycles. The lowest BCUT2D eigenvalue weighted by Gasteiger charge is -2.55. The number of alkyl halides is 6. The highest BCUT2D eigenvalue weighted by molar-refractivity contribution is 5.75.